The van der Waals surface area contributed by atoms with Crippen molar-refractivity contribution in [1.29, 1.82) is 0 Å². The van der Waals surface area contributed by atoms with Crippen LogP contribution in [0.1, 0.15) is 12.7 Å². The van der Waals surface area contributed by atoms with E-state index < -0.39 is 0 Å². The molecular formula is C16H15N4+. The SMILES string of the molecule is CCc1nc2ccc(-[n+]3c[nH]c4ccccc43)cc2[nH]1. The third kappa shape index (κ3) is 1.61. The van der Waals surface area contributed by atoms with Gasteiger partial charge in [-0.3, -0.25) is 0 Å². The van der Waals surface area contributed by atoms with E-state index in [0.29, 0.717) is 0 Å². The molecule has 0 bridgehead atoms. The molecule has 4 rings (SSSR count). The molecule has 0 saturated carbocycles. The average molecular weight is 263 g/mol. The van der Waals surface area contributed by atoms with Gasteiger partial charge >= 0.3 is 0 Å². The topological polar surface area (TPSA) is 48.4 Å². The van der Waals surface area contributed by atoms with Gasteiger partial charge in [0, 0.05) is 12.5 Å². The van der Waals surface area contributed by atoms with Crippen molar-refractivity contribution in [2.75, 3.05) is 0 Å². The molecule has 0 aliphatic rings. The minimum absolute atomic E-state index is 0.921. The molecule has 4 heteroatoms. The van der Waals surface area contributed by atoms with Crippen LogP contribution in [-0.4, -0.2) is 15.0 Å². The Morgan fingerprint density at radius 3 is 2.90 bits per heavy atom. The second-order valence-corrected chi connectivity index (χ2v) is 4.90. The van der Waals surface area contributed by atoms with Crippen LogP contribution in [0.4, 0.5) is 0 Å². The Bertz CT molecular complexity index is 901. The van der Waals surface area contributed by atoms with Crippen molar-refractivity contribution in [1.82, 2.24) is 15.0 Å². The zero-order valence-corrected chi connectivity index (χ0v) is 11.2. The van der Waals surface area contributed by atoms with Crippen LogP contribution in [-0.2, 0) is 6.42 Å². The van der Waals surface area contributed by atoms with E-state index in [9.17, 15) is 0 Å². The first-order chi connectivity index (χ1) is 9.85. The van der Waals surface area contributed by atoms with E-state index >= 15 is 0 Å². The van der Waals surface area contributed by atoms with Crippen LogP contribution in [0, 0.1) is 0 Å². The van der Waals surface area contributed by atoms with Gasteiger partial charge in [-0.1, -0.05) is 19.1 Å². The molecule has 2 aromatic heterocycles. The van der Waals surface area contributed by atoms with Gasteiger partial charge in [0.2, 0.25) is 6.33 Å². The van der Waals surface area contributed by atoms with E-state index in [1.807, 2.05) is 12.4 Å². The lowest BCUT2D eigenvalue weighted by molar-refractivity contribution is -0.566. The molecule has 0 unspecified atom stereocenters. The minimum atomic E-state index is 0.921. The number of fused-ring (bicyclic) bond motifs is 2. The fourth-order valence-electron chi connectivity index (χ4n) is 2.59. The maximum atomic E-state index is 4.54. The van der Waals surface area contributed by atoms with Crippen LogP contribution in [0.25, 0.3) is 27.8 Å². The lowest BCUT2D eigenvalue weighted by Crippen LogP contribution is -2.28. The molecule has 0 amide bonds. The molecule has 4 aromatic rings. The van der Waals surface area contributed by atoms with Gasteiger partial charge in [-0.25, -0.2) is 9.97 Å². The number of aryl methyl sites for hydroxylation is 1. The largest absolute Gasteiger partial charge is 0.342 e. The molecule has 0 fully saturated rings. The number of rotatable bonds is 2. The number of H-pyrrole nitrogens is 2. The highest BCUT2D eigenvalue weighted by atomic mass is 15.0. The summed E-state index contributed by atoms with van der Waals surface area (Å²) in [5, 5.41) is 0. The summed E-state index contributed by atoms with van der Waals surface area (Å²) in [5.41, 5.74) is 5.53. The van der Waals surface area contributed by atoms with Gasteiger partial charge in [-0.15, -0.1) is 0 Å². The Kier molecular flexibility index (Phi) is 2.36. The highest BCUT2D eigenvalue weighted by molar-refractivity contribution is 5.77. The zero-order chi connectivity index (χ0) is 13.5. The summed E-state index contributed by atoms with van der Waals surface area (Å²) in [6.07, 6.45) is 2.91. The molecule has 0 spiro atoms. The first-order valence-electron chi connectivity index (χ1n) is 6.82. The molecule has 0 atom stereocenters. The van der Waals surface area contributed by atoms with Gasteiger partial charge in [0.1, 0.15) is 11.5 Å². The Hall–Kier alpha value is -2.62. The van der Waals surface area contributed by atoms with Gasteiger partial charge in [0.05, 0.1) is 11.0 Å². The number of nitrogens with one attached hydrogen (secondary N) is 2. The predicted octanol–water partition coefficient (Wildman–Crippen LogP) is 2.88. The Labute approximate surface area is 116 Å². The van der Waals surface area contributed by atoms with Crippen molar-refractivity contribution >= 4 is 22.1 Å². The van der Waals surface area contributed by atoms with E-state index in [-0.39, 0.29) is 0 Å². The van der Waals surface area contributed by atoms with E-state index in [4.69, 9.17) is 0 Å². The highest BCUT2D eigenvalue weighted by Gasteiger charge is 2.12. The summed E-state index contributed by atoms with van der Waals surface area (Å²) >= 11 is 0. The van der Waals surface area contributed by atoms with Crippen LogP contribution < -0.4 is 4.57 Å². The fraction of sp³-hybridized carbons (Fsp3) is 0.125. The molecule has 2 heterocycles. The second-order valence-electron chi connectivity index (χ2n) is 4.90. The number of aromatic nitrogens is 4. The van der Waals surface area contributed by atoms with Gasteiger partial charge < -0.3 is 4.98 Å². The summed E-state index contributed by atoms with van der Waals surface area (Å²) in [7, 11) is 0. The van der Waals surface area contributed by atoms with E-state index in [2.05, 4.69) is 62.8 Å². The summed E-state index contributed by atoms with van der Waals surface area (Å²) in [4.78, 5) is 11.2. The lowest BCUT2D eigenvalue weighted by Gasteiger charge is -1.97. The molecular weight excluding hydrogens is 248 g/mol. The van der Waals surface area contributed by atoms with E-state index in [0.717, 1.165) is 34.5 Å². The van der Waals surface area contributed by atoms with E-state index in [1.165, 1.54) is 5.52 Å². The summed E-state index contributed by atoms with van der Waals surface area (Å²) in [6, 6.07) is 14.6. The molecule has 2 aromatic carbocycles. The summed E-state index contributed by atoms with van der Waals surface area (Å²) < 4.78 is 2.15. The number of nitrogens with zero attached hydrogens (tertiary/aromatic N) is 2. The fourth-order valence-corrected chi connectivity index (χ4v) is 2.59. The minimum Gasteiger partial charge on any atom is -0.342 e. The molecule has 0 saturated heterocycles. The predicted molar refractivity (Wildman–Crippen MR) is 78.9 cm³/mol. The van der Waals surface area contributed by atoms with Crippen molar-refractivity contribution in [2.24, 2.45) is 0 Å². The first kappa shape index (κ1) is 11.2. The Morgan fingerprint density at radius 2 is 2.00 bits per heavy atom. The van der Waals surface area contributed by atoms with Crippen molar-refractivity contribution in [3.05, 3.63) is 54.6 Å². The van der Waals surface area contributed by atoms with Crippen LogP contribution in [0.15, 0.2) is 48.8 Å². The Balaban J connectivity index is 1.93. The van der Waals surface area contributed by atoms with Crippen molar-refractivity contribution < 1.29 is 4.57 Å². The first-order valence-corrected chi connectivity index (χ1v) is 6.82. The average Bonchev–Trinajstić information content (AvgIpc) is 3.09. The number of benzene rings is 2. The number of imidazole rings is 2. The molecule has 20 heavy (non-hydrogen) atoms. The third-order valence-electron chi connectivity index (χ3n) is 3.64. The van der Waals surface area contributed by atoms with E-state index in [1.54, 1.807) is 0 Å². The summed E-state index contributed by atoms with van der Waals surface area (Å²) in [6.45, 7) is 2.10. The Morgan fingerprint density at radius 1 is 1.10 bits per heavy atom. The van der Waals surface area contributed by atoms with Crippen molar-refractivity contribution in [2.45, 2.75) is 13.3 Å². The van der Waals surface area contributed by atoms with Crippen LogP contribution in [0.3, 0.4) is 0 Å². The van der Waals surface area contributed by atoms with Gasteiger partial charge in [-0.2, -0.15) is 4.57 Å². The van der Waals surface area contributed by atoms with Crippen LogP contribution >= 0.6 is 0 Å². The van der Waals surface area contributed by atoms with Crippen molar-refractivity contribution in [3.8, 4) is 5.69 Å². The monoisotopic (exact) mass is 263 g/mol. The molecule has 4 nitrogen and oxygen atoms in total. The van der Waals surface area contributed by atoms with Gasteiger partial charge in [0.15, 0.2) is 11.0 Å². The summed E-state index contributed by atoms with van der Waals surface area (Å²) in [5.74, 6) is 1.03. The smallest absolute Gasteiger partial charge is 0.247 e. The maximum Gasteiger partial charge on any atom is 0.247 e. The quantitative estimate of drug-likeness (QED) is 0.537. The van der Waals surface area contributed by atoms with Crippen molar-refractivity contribution in [3.63, 3.8) is 0 Å². The molecule has 2 N–H and O–H groups in total. The zero-order valence-electron chi connectivity index (χ0n) is 11.2. The van der Waals surface area contributed by atoms with Gasteiger partial charge in [0.25, 0.3) is 0 Å². The van der Waals surface area contributed by atoms with Crippen LogP contribution in [0.5, 0.6) is 0 Å². The molecule has 98 valence electrons. The maximum absolute atomic E-state index is 4.54. The molecule has 0 radical (unpaired) electrons. The van der Waals surface area contributed by atoms with Crippen LogP contribution in [0.2, 0.25) is 0 Å². The second kappa shape index (κ2) is 4.20. The number of para-hydroxylation sites is 2. The standard InChI is InChI=1S/C16H14N4/c1-2-16-18-12-8-7-11(9-14(12)19-16)20-10-17-13-5-3-4-6-15(13)20/h3-10H,2H2,1H3,(H,18,19)/p+1. The van der Waals surface area contributed by atoms with Gasteiger partial charge in [-0.05, 0) is 24.3 Å². The molecule has 0 aliphatic heterocycles. The number of hydrogen-bond acceptors (Lipinski definition) is 1. The number of hydrogen-bond donors (Lipinski definition) is 2. The molecule has 0 aliphatic carbocycles. The highest BCUT2D eigenvalue weighted by Crippen LogP contribution is 2.16. The lowest BCUT2D eigenvalue weighted by atomic mass is 10.2. The third-order valence-corrected chi connectivity index (χ3v) is 3.64. The number of aromatic amines is 2. The normalized spacial score (nSPS) is 11.4.